The van der Waals surface area contributed by atoms with Crippen molar-refractivity contribution in [3.05, 3.63) is 47.0 Å². The molecule has 1 N–H and O–H groups in total. The second-order valence-corrected chi connectivity index (χ2v) is 17.2. The molecule has 0 bridgehead atoms. The third-order valence-electron chi connectivity index (χ3n) is 9.03. The predicted molar refractivity (Wildman–Crippen MR) is 202 cm³/mol. The fraction of sp³-hybridized carbons (Fsp3) is 0.514. The van der Waals surface area contributed by atoms with Crippen LogP contribution >= 0.6 is 22.7 Å². The molecule has 0 saturated carbocycles. The topological polar surface area (TPSA) is 103 Å². The van der Waals surface area contributed by atoms with E-state index in [4.69, 9.17) is 19.4 Å². The maximum atomic E-state index is 13.0. The Balaban J connectivity index is 1.10. The molecule has 11 nitrogen and oxygen atoms in total. The predicted octanol–water partition coefficient (Wildman–Crippen LogP) is 6.85. The number of anilines is 2. The van der Waals surface area contributed by atoms with Gasteiger partial charge in [0.05, 0.1) is 16.8 Å². The molecule has 6 heterocycles. The lowest BCUT2D eigenvalue weighted by Gasteiger charge is -2.36. The zero-order valence-corrected chi connectivity index (χ0v) is 31.5. The van der Waals surface area contributed by atoms with E-state index < -0.39 is 11.2 Å². The minimum atomic E-state index is -0.525. The highest BCUT2D eigenvalue weighted by Crippen LogP contribution is 2.48. The number of ether oxygens (including phenoxy) is 2. The van der Waals surface area contributed by atoms with Crippen LogP contribution in [-0.4, -0.2) is 102 Å². The number of hydrogen-bond acceptors (Lipinski definition) is 11. The van der Waals surface area contributed by atoms with Crippen LogP contribution in [0, 0.1) is 0 Å². The van der Waals surface area contributed by atoms with E-state index in [2.05, 4.69) is 45.4 Å². The molecule has 3 aromatic heterocycles. The van der Waals surface area contributed by atoms with Crippen molar-refractivity contribution in [1.29, 1.82) is 0 Å². The number of benzene rings is 1. The number of carbonyl (C=O) groups is 2. The van der Waals surface area contributed by atoms with Crippen molar-refractivity contribution in [2.75, 3.05) is 68.7 Å². The van der Waals surface area contributed by atoms with Crippen LogP contribution in [0.4, 0.5) is 20.4 Å². The van der Waals surface area contributed by atoms with Crippen molar-refractivity contribution in [1.82, 2.24) is 25.1 Å². The molecule has 2 saturated heterocycles. The molecular weight excluding hydrogens is 671 g/mol. The maximum Gasteiger partial charge on any atom is 0.410 e. The first-order chi connectivity index (χ1) is 23.8. The maximum absolute atomic E-state index is 13.0. The molecule has 1 aromatic carbocycles. The Morgan fingerprint density at radius 3 is 2.12 bits per heavy atom. The lowest BCUT2D eigenvalue weighted by Crippen LogP contribution is -2.50. The zero-order valence-electron chi connectivity index (χ0n) is 29.9. The first-order valence-electron chi connectivity index (χ1n) is 17.5. The van der Waals surface area contributed by atoms with E-state index in [9.17, 15) is 9.59 Å². The standard InChI is InChI=1S/C37H47N7O4S2/c1-36(2,3)47-34(45)43-19-17-41(18-20-43)30-10-8-25(22-39-30)24-7-9-27-28(21-24)49-32(40-27)31-26-11-14-44(35(46)48-37(4,5)6)23-29(26)50-33(31)42-15-12-38-13-16-42/h7-10,21-22,38H,11-20,23H2,1-6H3. The highest BCUT2D eigenvalue weighted by molar-refractivity contribution is 7.23. The van der Waals surface area contributed by atoms with Crippen molar-refractivity contribution >= 4 is 55.9 Å². The third kappa shape index (κ3) is 7.54. The summed E-state index contributed by atoms with van der Waals surface area (Å²) in [4.78, 5) is 45.0. The lowest BCUT2D eigenvalue weighted by atomic mass is 10.0. The van der Waals surface area contributed by atoms with Gasteiger partial charge in [0.15, 0.2) is 0 Å². The number of hydrogen-bond donors (Lipinski definition) is 1. The van der Waals surface area contributed by atoms with E-state index in [0.717, 1.165) is 64.8 Å². The van der Waals surface area contributed by atoms with Gasteiger partial charge in [0, 0.05) is 81.1 Å². The molecule has 0 unspecified atom stereocenters. The SMILES string of the molecule is CC(C)(C)OC(=O)N1CCN(c2ccc(-c3ccc4nc(-c5c(N6CCNCC6)sc6c5CCN(C(=O)OC(C)(C)C)C6)sc4c3)cn2)CC1. The molecule has 3 aliphatic heterocycles. The lowest BCUT2D eigenvalue weighted by molar-refractivity contribution is 0.0221. The second kappa shape index (κ2) is 13.6. The fourth-order valence-corrected chi connectivity index (χ4v) is 9.14. The molecule has 7 rings (SSSR count). The molecule has 3 aliphatic rings. The molecule has 2 amide bonds. The van der Waals surface area contributed by atoms with Gasteiger partial charge in [0.1, 0.15) is 27.0 Å². The number of thiazole rings is 1. The Labute approximate surface area is 302 Å². The quantitative estimate of drug-likeness (QED) is 0.243. The number of pyridine rings is 1. The second-order valence-electron chi connectivity index (χ2n) is 15.1. The van der Waals surface area contributed by atoms with Crippen LogP contribution in [0.15, 0.2) is 36.5 Å². The van der Waals surface area contributed by atoms with Crippen LogP contribution < -0.4 is 15.1 Å². The van der Waals surface area contributed by atoms with Gasteiger partial charge in [-0.15, -0.1) is 22.7 Å². The average Bonchev–Trinajstić information content (AvgIpc) is 3.68. The molecule has 0 radical (unpaired) electrons. The molecule has 4 aromatic rings. The molecule has 0 aliphatic carbocycles. The summed E-state index contributed by atoms with van der Waals surface area (Å²) in [6, 6.07) is 10.7. The smallest absolute Gasteiger partial charge is 0.410 e. The van der Waals surface area contributed by atoms with Gasteiger partial charge in [-0.25, -0.2) is 19.6 Å². The van der Waals surface area contributed by atoms with Crippen LogP contribution in [0.2, 0.25) is 0 Å². The Morgan fingerprint density at radius 2 is 1.46 bits per heavy atom. The van der Waals surface area contributed by atoms with Gasteiger partial charge < -0.3 is 34.4 Å². The summed E-state index contributed by atoms with van der Waals surface area (Å²) in [5, 5.41) is 5.77. The highest BCUT2D eigenvalue weighted by atomic mass is 32.1. The van der Waals surface area contributed by atoms with Crippen LogP contribution in [0.3, 0.4) is 0 Å². The Morgan fingerprint density at radius 1 is 0.780 bits per heavy atom. The van der Waals surface area contributed by atoms with E-state index in [1.807, 2.05) is 52.6 Å². The number of thiophene rings is 1. The average molecular weight is 718 g/mol. The fourth-order valence-electron chi connectivity index (χ4n) is 6.58. The van der Waals surface area contributed by atoms with Gasteiger partial charge in [0.2, 0.25) is 0 Å². The summed E-state index contributed by atoms with van der Waals surface area (Å²) < 4.78 is 12.4. The molecule has 13 heteroatoms. The molecular formula is C37H47N7O4S2. The number of fused-ring (bicyclic) bond motifs is 2. The largest absolute Gasteiger partial charge is 0.444 e. The van der Waals surface area contributed by atoms with Crippen LogP contribution in [0.1, 0.15) is 52.0 Å². The summed E-state index contributed by atoms with van der Waals surface area (Å²) in [5.41, 5.74) is 4.66. The highest BCUT2D eigenvalue weighted by Gasteiger charge is 2.33. The molecule has 266 valence electrons. The number of nitrogens with zero attached hydrogens (tertiary/aromatic N) is 6. The van der Waals surface area contributed by atoms with Gasteiger partial charge >= 0.3 is 12.2 Å². The number of nitrogens with one attached hydrogen (secondary N) is 1. The van der Waals surface area contributed by atoms with E-state index in [0.29, 0.717) is 39.3 Å². The van der Waals surface area contributed by atoms with Gasteiger partial charge in [-0.2, -0.15) is 0 Å². The van der Waals surface area contributed by atoms with Gasteiger partial charge in [-0.3, -0.25) is 0 Å². The summed E-state index contributed by atoms with van der Waals surface area (Å²) in [6.07, 6.45) is 2.21. The van der Waals surface area contributed by atoms with Gasteiger partial charge in [-0.1, -0.05) is 6.07 Å². The first-order valence-corrected chi connectivity index (χ1v) is 19.1. The van der Waals surface area contributed by atoms with E-state index in [1.54, 1.807) is 27.6 Å². The normalized spacial score (nSPS) is 17.2. The molecule has 0 atom stereocenters. The number of amides is 2. The molecule has 0 spiro atoms. The van der Waals surface area contributed by atoms with Gasteiger partial charge in [0.25, 0.3) is 0 Å². The van der Waals surface area contributed by atoms with Gasteiger partial charge in [-0.05, 0) is 83.4 Å². The number of piperazine rings is 2. The van der Waals surface area contributed by atoms with Crippen molar-refractivity contribution in [2.45, 2.75) is 65.7 Å². The summed E-state index contributed by atoms with van der Waals surface area (Å²) in [5.74, 6) is 0.909. The van der Waals surface area contributed by atoms with Crippen molar-refractivity contribution in [3.63, 3.8) is 0 Å². The Bertz CT molecular complexity index is 1860. The Kier molecular flexibility index (Phi) is 9.42. The van der Waals surface area contributed by atoms with Crippen molar-refractivity contribution < 1.29 is 19.1 Å². The van der Waals surface area contributed by atoms with Crippen LogP contribution in [0.5, 0.6) is 0 Å². The van der Waals surface area contributed by atoms with Crippen molar-refractivity contribution in [2.24, 2.45) is 0 Å². The monoisotopic (exact) mass is 717 g/mol. The van der Waals surface area contributed by atoms with Crippen LogP contribution in [0.25, 0.3) is 31.9 Å². The number of aromatic nitrogens is 2. The minimum Gasteiger partial charge on any atom is -0.444 e. The minimum absolute atomic E-state index is 0.252. The molecule has 2 fully saturated rings. The summed E-state index contributed by atoms with van der Waals surface area (Å²) in [6.45, 7) is 19.0. The zero-order chi connectivity index (χ0) is 35.2. The van der Waals surface area contributed by atoms with Crippen molar-refractivity contribution in [3.8, 4) is 21.7 Å². The first kappa shape index (κ1) is 34.5. The third-order valence-corrected chi connectivity index (χ3v) is 11.3. The van der Waals surface area contributed by atoms with Crippen LogP contribution in [-0.2, 0) is 22.4 Å². The van der Waals surface area contributed by atoms with E-state index in [1.165, 1.54) is 21.0 Å². The Hall–Kier alpha value is -3.94. The molecule has 50 heavy (non-hydrogen) atoms. The number of carbonyl (C=O) groups excluding carboxylic acids is 2. The summed E-state index contributed by atoms with van der Waals surface area (Å²) in [7, 11) is 0. The van der Waals surface area contributed by atoms with E-state index >= 15 is 0 Å². The summed E-state index contributed by atoms with van der Waals surface area (Å²) >= 11 is 3.54. The number of rotatable bonds is 4. The van der Waals surface area contributed by atoms with E-state index in [-0.39, 0.29) is 12.2 Å².